The fourth-order valence-corrected chi connectivity index (χ4v) is 2.05. The first-order chi connectivity index (χ1) is 11.5. The number of nitrogens with one attached hydrogen (secondary N) is 3. The smallest absolute Gasteiger partial charge is 0.269 e. The van der Waals surface area contributed by atoms with Crippen LogP contribution in [0.1, 0.15) is 26.3 Å². The highest BCUT2D eigenvalue weighted by atomic mass is 35.5. The minimum atomic E-state index is -0.542. The third kappa shape index (κ3) is 4.82. The van der Waals surface area contributed by atoms with E-state index in [1.807, 2.05) is 6.07 Å². The number of hydrogen-bond acceptors (Lipinski definition) is 3. The molecule has 0 unspecified atom stereocenters. The minimum Gasteiger partial charge on any atom is -0.343 e. The van der Waals surface area contributed by atoms with Gasteiger partial charge in [0.2, 0.25) is 0 Å². The largest absolute Gasteiger partial charge is 0.343 e. The molecule has 3 amide bonds. The van der Waals surface area contributed by atoms with Crippen molar-refractivity contribution >= 4 is 29.3 Å². The minimum absolute atomic E-state index is 0.256. The molecule has 2 aromatic rings. The molecule has 0 saturated carbocycles. The Kier molecular flexibility index (Phi) is 5.92. The molecular weight excluding hydrogens is 330 g/mol. The van der Waals surface area contributed by atoms with Crippen LogP contribution in [0.3, 0.4) is 0 Å². The van der Waals surface area contributed by atoms with Crippen LogP contribution in [0.5, 0.6) is 0 Å². The second-order valence-electron chi connectivity index (χ2n) is 5.01. The maximum absolute atomic E-state index is 12.0. The average Bonchev–Trinajstić information content (AvgIpc) is 2.58. The number of hydrazine groups is 1. The highest BCUT2D eigenvalue weighted by Gasteiger charge is 2.11. The summed E-state index contributed by atoms with van der Waals surface area (Å²) < 4.78 is 0. The molecule has 7 heteroatoms. The quantitative estimate of drug-likeness (QED) is 0.739. The van der Waals surface area contributed by atoms with Crippen molar-refractivity contribution in [2.45, 2.75) is 6.92 Å². The van der Waals surface area contributed by atoms with E-state index in [4.69, 9.17) is 11.6 Å². The monoisotopic (exact) mass is 345 g/mol. The fourth-order valence-electron chi connectivity index (χ4n) is 1.93. The molecule has 124 valence electrons. The van der Waals surface area contributed by atoms with Gasteiger partial charge in [-0.1, -0.05) is 29.8 Å². The number of hydrogen-bond donors (Lipinski definition) is 3. The van der Waals surface area contributed by atoms with Gasteiger partial charge >= 0.3 is 0 Å². The Balaban J connectivity index is 1.79. The highest BCUT2D eigenvalue weighted by molar-refractivity contribution is 6.30. The number of carbonyl (C=O) groups is 3. The number of rotatable bonds is 4. The van der Waals surface area contributed by atoms with Gasteiger partial charge in [-0.05, 0) is 42.8 Å². The van der Waals surface area contributed by atoms with Crippen LogP contribution in [0.15, 0.2) is 48.5 Å². The molecular formula is C17H16ClN3O3. The number of amides is 3. The summed E-state index contributed by atoms with van der Waals surface area (Å²) in [5, 5.41) is 3.00. The van der Waals surface area contributed by atoms with Crippen molar-refractivity contribution in [1.29, 1.82) is 0 Å². The van der Waals surface area contributed by atoms with Crippen molar-refractivity contribution in [3.63, 3.8) is 0 Å². The summed E-state index contributed by atoms with van der Waals surface area (Å²) in [6, 6.07) is 13.3. The Morgan fingerprint density at radius 1 is 0.917 bits per heavy atom. The van der Waals surface area contributed by atoms with Crippen LogP contribution in [0, 0.1) is 6.92 Å². The van der Waals surface area contributed by atoms with Crippen molar-refractivity contribution in [3.8, 4) is 0 Å². The molecule has 3 N–H and O–H groups in total. The van der Waals surface area contributed by atoms with Crippen LogP contribution in [0.25, 0.3) is 0 Å². The lowest BCUT2D eigenvalue weighted by atomic mass is 10.1. The van der Waals surface area contributed by atoms with Crippen LogP contribution >= 0.6 is 11.6 Å². The maximum atomic E-state index is 12.0. The van der Waals surface area contributed by atoms with Gasteiger partial charge in [-0.15, -0.1) is 0 Å². The molecule has 0 aromatic heterocycles. The third-order valence-electron chi connectivity index (χ3n) is 3.22. The van der Waals surface area contributed by atoms with Crippen LogP contribution in [0.4, 0.5) is 0 Å². The van der Waals surface area contributed by atoms with E-state index in [1.165, 1.54) is 12.1 Å². The third-order valence-corrected chi connectivity index (χ3v) is 3.47. The van der Waals surface area contributed by atoms with E-state index in [0.717, 1.165) is 5.56 Å². The number of carbonyl (C=O) groups excluding carboxylic acids is 3. The van der Waals surface area contributed by atoms with E-state index >= 15 is 0 Å². The van der Waals surface area contributed by atoms with Crippen molar-refractivity contribution < 1.29 is 14.4 Å². The zero-order valence-electron chi connectivity index (χ0n) is 12.9. The van der Waals surface area contributed by atoms with Crippen LogP contribution in [-0.2, 0) is 4.79 Å². The number of aryl methyl sites for hydroxylation is 1. The Bertz CT molecular complexity index is 760. The number of halogens is 1. The second kappa shape index (κ2) is 8.12. The lowest BCUT2D eigenvalue weighted by molar-refractivity contribution is -0.120. The predicted octanol–water partition coefficient (Wildman–Crippen LogP) is 1.84. The number of benzene rings is 2. The first kappa shape index (κ1) is 17.5. The van der Waals surface area contributed by atoms with E-state index in [9.17, 15) is 14.4 Å². The van der Waals surface area contributed by atoms with Crippen LogP contribution in [0.2, 0.25) is 5.02 Å². The molecule has 0 aliphatic rings. The van der Waals surface area contributed by atoms with Gasteiger partial charge in [0.15, 0.2) is 0 Å². The van der Waals surface area contributed by atoms with Crippen molar-refractivity contribution in [2.24, 2.45) is 0 Å². The molecule has 0 aliphatic heterocycles. The Labute approximate surface area is 144 Å². The van der Waals surface area contributed by atoms with E-state index < -0.39 is 11.8 Å². The summed E-state index contributed by atoms with van der Waals surface area (Å²) >= 11 is 5.73. The SMILES string of the molecule is Cc1ccccc1C(=O)NCC(=O)NNC(=O)c1ccc(Cl)cc1. The van der Waals surface area contributed by atoms with Gasteiger partial charge in [0.25, 0.3) is 17.7 Å². The molecule has 0 radical (unpaired) electrons. The van der Waals surface area contributed by atoms with Gasteiger partial charge in [0, 0.05) is 16.1 Å². The normalized spacial score (nSPS) is 9.92. The summed E-state index contributed by atoms with van der Waals surface area (Å²) in [7, 11) is 0. The van der Waals surface area contributed by atoms with E-state index in [-0.39, 0.29) is 12.5 Å². The van der Waals surface area contributed by atoms with Crippen LogP contribution in [-0.4, -0.2) is 24.3 Å². The molecule has 2 aromatic carbocycles. The highest BCUT2D eigenvalue weighted by Crippen LogP contribution is 2.09. The first-order valence-electron chi connectivity index (χ1n) is 7.16. The first-order valence-corrected chi connectivity index (χ1v) is 7.54. The molecule has 0 saturated heterocycles. The Morgan fingerprint density at radius 3 is 2.25 bits per heavy atom. The van der Waals surface area contributed by atoms with Crippen molar-refractivity contribution in [1.82, 2.24) is 16.2 Å². The molecule has 0 aliphatic carbocycles. The summed E-state index contributed by atoms with van der Waals surface area (Å²) in [4.78, 5) is 35.5. The Morgan fingerprint density at radius 2 is 1.58 bits per heavy atom. The summed E-state index contributed by atoms with van der Waals surface area (Å²) in [6.45, 7) is 1.55. The zero-order chi connectivity index (χ0) is 17.5. The van der Waals surface area contributed by atoms with E-state index in [1.54, 1.807) is 37.3 Å². The van der Waals surface area contributed by atoms with Gasteiger partial charge in [-0.25, -0.2) is 0 Å². The fraction of sp³-hybridized carbons (Fsp3) is 0.118. The van der Waals surface area contributed by atoms with Gasteiger partial charge in [-0.3, -0.25) is 25.2 Å². The van der Waals surface area contributed by atoms with Crippen molar-refractivity contribution in [3.05, 3.63) is 70.2 Å². The molecule has 0 atom stereocenters. The molecule has 0 fully saturated rings. The summed E-state index contributed by atoms with van der Waals surface area (Å²) in [5.74, 6) is -1.38. The summed E-state index contributed by atoms with van der Waals surface area (Å²) in [5.41, 5.74) is 6.15. The van der Waals surface area contributed by atoms with Gasteiger partial charge in [0.05, 0.1) is 6.54 Å². The van der Waals surface area contributed by atoms with E-state index in [0.29, 0.717) is 16.1 Å². The molecule has 6 nitrogen and oxygen atoms in total. The molecule has 0 heterocycles. The molecule has 0 spiro atoms. The average molecular weight is 346 g/mol. The van der Waals surface area contributed by atoms with Crippen LogP contribution < -0.4 is 16.2 Å². The van der Waals surface area contributed by atoms with Gasteiger partial charge in [-0.2, -0.15) is 0 Å². The standard InChI is InChI=1S/C17H16ClN3O3/c1-11-4-2-3-5-14(11)17(24)19-10-15(22)20-21-16(23)12-6-8-13(18)9-7-12/h2-9H,10H2,1H3,(H,19,24)(H,20,22)(H,21,23). The van der Waals surface area contributed by atoms with E-state index in [2.05, 4.69) is 16.2 Å². The van der Waals surface area contributed by atoms with Crippen molar-refractivity contribution in [2.75, 3.05) is 6.54 Å². The maximum Gasteiger partial charge on any atom is 0.269 e. The van der Waals surface area contributed by atoms with Gasteiger partial charge < -0.3 is 5.32 Å². The topological polar surface area (TPSA) is 87.3 Å². The Hall–Kier alpha value is -2.86. The van der Waals surface area contributed by atoms with Gasteiger partial charge in [0.1, 0.15) is 0 Å². The lowest BCUT2D eigenvalue weighted by Crippen LogP contribution is -2.46. The lowest BCUT2D eigenvalue weighted by Gasteiger charge is -2.09. The zero-order valence-corrected chi connectivity index (χ0v) is 13.7. The molecule has 2 rings (SSSR count). The summed E-state index contributed by atoms with van der Waals surface area (Å²) in [6.07, 6.45) is 0. The second-order valence-corrected chi connectivity index (χ2v) is 5.44. The predicted molar refractivity (Wildman–Crippen MR) is 90.6 cm³/mol. The molecule has 0 bridgehead atoms. The molecule has 24 heavy (non-hydrogen) atoms.